The van der Waals surface area contributed by atoms with E-state index >= 15 is 0 Å². The van der Waals surface area contributed by atoms with Crippen LogP contribution in [0.1, 0.15) is 49.8 Å². The van der Waals surface area contributed by atoms with Gasteiger partial charge in [-0.25, -0.2) is 9.59 Å². The number of nitro groups is 2. The summed E-state index contributed by atoms with van der Waals surface area (Å²) >= 11 is 0. The first kappa shape index (κ1) is 46.6. The van der Waals surface area contributed by atoms with Gasteiger partial charge in [0.2, 0.25) is 0 Å². The molecule has 0 atom stereocenters. The molecule has 0 radical (unpaired) electrons. The van der Waals surface area contributed by atoms with Gasteiger partial charge in [0.25, 0.3) is 22.5 Å². The Labute approximate surface area is 355 Å². The van der Waals surface area contributed by atoms with Gasteiger partial charge >= 0.3 is 12.1 Å². The third-order valence-electron chi connectivity index (χ3n) is 8.89. The summed E-state index contributed by atoms with van der Waals surface area (Å²) in [5.41, 5.74) is 2.16. The van der Waals surface area contributed by atoms with Gasteiger partial charge in [0.05, 0.1) is 37.2 Å². The number of carbonyl (C=O) groups excluding carboxylic acids is 1. The number of anilines is 1. The number of amides is 1. The number of nitrogens with zero attached hydrogens (tertiary/aromatic N) is 4. The molecule has 322 valence electrons. The first-order valence-electron chi connectivity index (χ1n) is 18.4. The van der Waals surface area contributed by atoms with Crippen LogP contribution in [0.2, 0.25) is 0 Å². The number of rotatable bonds is 12. The highest BCUT2D eigenvalue weighted by Gasteiger charge is 2.19. The van der Waals surface area contributed by atoms with E-state index in [0.29, 0.717) is 39.3 Å². The Kier molecular flexibility index (Phi) is 15.2. The molecule has 0 aliphatic heterocycles. The van der Waals surface area contributed by atoms with Crippen LogP contribution >= 0.6 is 0 Å². The SMILES string of the molecule is C.COc1ccc(Cn2c(C(=O)O)cccc2=O)cc1-c1cccc([N+](=O)[O-])c1.COc1ccc(Cn2c(NC(=O)OC(C)(C)C)cccc2=O)cc1-c1cccc([N+](=O)[O-])c1. The van der Waals surface area contributed by atoms with Crippen molar-refractivity contribution in [1.82, 2.24) is 9.13 Å². The van der Waals surface area contributed by atoms with Gasteiger partial charge in [0, 0.05) is 47.5 Å². The third kappa shape index (κ3) is 11.8. The maximum Gasteiger partial charge on any atom is 0.413 e. The fourth-order valence-electron chi connectivity index (χ4n) is 6.17. The highest BCUT2D eigenvalue weighted by atomic mass is 16.6. The normalized spacial score (nSPS) is 10.6. The molecule has 0 saturated carbocycles. The van der Waals surface area contributed by atoms with Crippen LogP contribution in [-0.4, -0.2) is 56.0 Å². The van der Waals surface area contributed by atoms with Crippen molar-refractivity contribution in [2.75, 3.05) is 19.5 Å². The summed E-state index contributed by atoms with van der Waals surface area (Å²) < 4.78 is 18.6. The van der Waals surface area contributed by atoms with Crippen LogP contribution in [0.25, 0.3) is 22.3 Å². The van der Waals surface area contributed by atoms with Crippen LogP contribution in [0.3, 0.4) is 0 Å². The minimum atomic E-state index is -1.20. The molecule has 17 heteroatoms. The van der Waals surface area contributed by atoms with E-state index in [4.69, 9.17) is 14.2 Å². The lowest BCUT2D eigenvalue weighted by atomic mass is 10.0. The van der Waals surface area contributed by atoms with Gasteiger partial charge in [-0.1, -0.05) is 56.0 Å². The fraction of sp³-hybridized carbons (Fsp3) is 0.200. The zero-order chi connectivity index (χ0) is 44.4. The minimum Gasteiger partial charge on any atom is -0.496 e. The standard InChI is InChI=1S/C24H25N3O6.C20H16N2O6.CH4/c1-24(2,3)33-23(29)25-21-9-6-10-22(28)26(21)15-16-11-12-20(32-4)19(13-16)17-7-5-8-18(14-17)27(30)31;1-28-18-9-8-13(12-21-17(20(24)25)6-3-7-19(21)23)10-16(18)14-4-2-5-15(11-14)22(26)27;/h5-14H,15H2,1-4H3,(H,25,29);2-11H,12H2,1H3,(H,24,25);1H4. The van der Waals surface area contributed by atoms with Gasteiger partial charge in [-0.3, -0.25) is 44.3 Å². The highest BCUT2D eigenvalue weighted by Crippen LogP contribution is 2.34. The van der Waals surface area contributed by atoms with Crippen molar-refractivity contribution < 1.29 is 38.8 Å². The predicted octanol–water partition coefficient (Wildman–Crippen LogP) is 8.64. The fourth-order valence-corrected chi connectivity index (χ4v) is 6.17. The Morgan fingerprint density at radius 3 is 1.56 bits per heavy atom. The number of carboxylic acid groups (broad SMARTS) is 1. The average molecular weight is 848 g/mol. The monoisotopic (exact) mass is 847 g/mol. The number of hydrogen-bond acceptors (Lipinski definition) is 11. The number of carboxylic acids is 1. The summed E-state index contributed by atoms with van der Waals surface area (Å²) in [7, 11) is 3.00. The number of aromatic carboxylic acids is 1. The largest absolute Gasteiger partial charge is 0.496 e. The molecule has 17 nitrogen and oxygen atoms in total. The number of pyridine rings is 2. The van der Waals surface area contributed by atoms with Crippen LogP contribution < -0.4 is 25.9 Å². The molecule has 0 unspecified atom stereocenters. The molecule has 0 aliphatic carbocycles. The first-order valence-corrected chi connectivity index (χ1v) is 18.4. The van der Waals surface area contributed by atoms with E-state index in [1.165, 1.54) is 67.3 Å². The average Bonchev–Trinajstić information content (AvgIpc) is 3.22. The van der Waals surface area contributed by atoms with E-state index in [1.54, 1.807) is 93.6 Å². The van der Waals surface area contributed by atoms with Crippen molar-refractivity contribution in [3.63, 3.8) is 0 Å². The van der Waals surface area contributed by atoms with Gasteiger partial charge < -0.3 is 19.3 Å². The molecule has 6 rings (SSSR count). The number of hydrogen-bond donors (Lipinski definition) is 2. The van der Waals surface area contributed by atoms with Gasteiger partial charge in [0.15, 0.2) is 0 Å². The summed E-state index contributed by atoms with van der Waals surface area (Å²) in [6.45, 7) is 5.43. The maximum atomic E-state index is 12.6. The maximum absolute atomic E-state index is 12.6. The van der Waals surface area contributed by atoms with E-state index in [2.05, 4.69) is 5.32 Å². The first-order chi connectivity index (χ1) is 29.0. The summed E-state index contributed by atoms with van der Waals surface area (Å²) in [5.74, 6) is 0.115. The lowest BCUT2D eigenvalue weighted by Crippen LogP contribution is -2.30. The molecule has 0 spiro atoms. The quantitative estimate of drug-likeness (QED) is 0.0872. The summed E-state index contributed by atoms with van der Waals surface area (Å²) in [5, 5.41) is 34.2. The topological polar surface area (TPSA) is 224 Å². The molecule has 2 aromatic heterocycles. The number of nitrogens with one attached hydrogen (secondary N) is 1. The highest BCUT2D eigenvalue weighted by molar-refractivity contribution is 5.85. The van der Waals surface area contributed by atoms with Crippen molar-refractivity contribution in [2.24, 2.45) is 0 Å². The molecular formula is C45H45N5O12. The Morgan fingerprint density at radius 1 is 0.661 bits per heavy atom. The van der Waals surface area contributed by atoms with Gasteiger partial charge in [0.1, 0.15) is 28.6 Å². The van der Waals surface area contributed by atoms with Crippen LogP contribution in [0.15, 0.2) is 131 Å². The van der Waals surface area contributed by atoms with Gasteiger partial charge in [-0.05, 0) is 79.4 Å². The van der Waals surface area contributed by atoms with Crippen molar-refractivity contribution in [3.05, 3.63) is 179 Å². The van der Waals surface area contributed by atoms with Gasteiger partial charge in [-0.15, -0.1) is 0 Å². The molecule has 6 aromatic rings. The molecule has 62 heavy (non-hydrogen) atoms. The Hall–Kier alpha value is -8.08. The number of nitro benzene ring substituents is 2. The van der Waals surface area contributed by atoms with E-state index < -0.39 is 33.1 Å². The van der Waals surface area contributed by atoms with E-state index in [0.717, 1.165) is 10.1 Å². The zero-order valence-corrected chi connectivity index (χ0v) is 33.7. The number of methoxy groups -OCH3 is 2. The minimum absolute atomic E-state index is 0. The lowest BCUT2D eigenvalue weighted by molar-refractivity contribution is -0.385. The lowest BCUT2D eigenvalue weighted by Gasteiger charge is -2.21. The van der Waals surface area contributed by atoms with E-state index in [9.17, 15) is 44.5 Å². The van der Waals surface area contributed by atoms with E-state index in [1.807, 2.05) is 0 Å². The number of benzene rings is 4. The Morgan fingerprint density at radius 2 is 1.11 bits per heavy atom. The van der Waals surface area contributed by atoms with Crippen LogP contribution in [-0.2, 0) is 17.8 Å². The number of non-ortho nitro benzene ring substituents is 2. The second-order valence-corrected chi connectivity index (χ2v) is 14.3. The van der Waals surface area contributed by atoms with Crippen LogP contribution in [0.5, 0.6) is 11.5 Å². The number of ether oxygens (including phenoxy) is 3. The summed E-state index contributed by atoms with van der Waals surface area (Å²) in [6, 6.07) is 31.4. The molecule has 2 N–H and O–H groups in total. The second kappa shape index (κ2) is 20.3. The molecule has 4 aromatic carbocycles. The predicted molar refractivity (Wildman–Crippen MR) is 233 cm³/mol. The second-order valence-electron chi connectivity index (χ2n) is 14.3. The van der Waals surface area contributed by atoms with Crippen molar-refractivity contribution in [1.29, 1.82) is 0 Å². The molecule has 0 saturated heterocycles. The molecule has 1 amide bonds. The van der Waals surface area contributed by atoms with Gasteiger partial charge in [-0.2, -0.15) is 0 Å². The molecule has 0 aliphatic rings. The molecule has 2 heterocycles. The molecular weight excluding hydrogens is 803 g/mol. The number of aromatic nitrogens is 2. The van der Waals surface area contributed by atoms with Crippen LogP contribution in [0.4, 0.5) is 22.0 Å². The molecule has 0 bridgehead atoms. The molecule has 0 fully saturated rings. The zero-order valence-electron chi connectivity index (χ0n) is 33.7. The van der Waals surface area contributed by atoms with E-state index in [-0.39, 0.29) is 49.0 Å². The number of carbonyl (C=O) groups is 2. The summed E-state index contributed by atoms with van der Waals surface area (Å²) in [4.78, 5) is 69.7. The van der Waals surface area contributed by atoms with Crippen molar-refractivity contribution in [2.45, 2.75) is 46.9 Å². The third-order valence-corrected chi connectivity index (χ3v) is 8.89. The van der Waals surface area contributed by atoms with Crippen LogP contribution in [0, 0.1) is 20.2 Å². The smallest absolute Gasteiger partial charge is 0.413 e. The van der Waals surface area contributed by atoms with Crippen molar-refractivity contribution >= 4 is 29.3 Å². The summed E-state index contributed by atoms with van der Waals surface area (Å²) in [6.07, 6.45) is -0.672. The Bertz CT molecular complexity index is 2740. The Balaban J connectivity index is 0.000000272. The van der Waals surface area contributed by atoms with Crippen molar-refractivity contribution in [3.8, 4) is 33.8 Å².